The quantitative estimate of drug-likeness (QED) is 0.226. The molecule has 0 heterocycles. The molecule has 0 bridgehead atoms. The van der Waals surface area contributed by atoms with Crippen LogP contribution in [0.15, 0.2) is 0 Å². The minimum atomic E-state index is -4.03. The third-order valence-corrected chi connectivity index (χ3v) is 5.28. The first-order chi connectivity index (χ1) is 12.1. The summed E-state index contributed by atoms with van der Waals surface area (Å²) in [6, 6.07) is 0. The van der Waals surface area contributed by atoms with Crippen molar-refractivity contribution in [2.75, 3.05) is 26.4 Å². The summed E-state index contributed by atoms with van der Waals surface area (Å²) in [6.45, 7) is 2.37. The van der Waals surface area contributed by atoms with Crippen molar-refractivity contribution >= 4 is 7.82 Å². The number of hydrogen-bond donors (Lipinski definition) is 3. The van der Waals surface area contributed by atoms with Gasteiger partial charge in [-0.2, -0.15) is 0 Å². The van der Waals surface area contributed by atoms with Crippen molar-refractivity contribution in [3.05, 3.63) is 0 Å². The standard InChI is InChI=1S/C18H39O6P/c1-2-3-4-5-6-7-8-9-10-11-16-23-25(21,22)24-17-18(12-14-19)13-15-20/h18-20H,2-17H2,1H3,(H,21,22). The van der Waals surface area contributed by atoms with Crippen LogP contribution in [0.2, 0.25) is 0 Å². The number of phosphoric ester groups is 1. The summed E-state index contributed by atoms with van der Waals surface area (Å²) in [4.78, 5) is 9.63. The van der Waals surface area contributed by atoms with E-state index in [1.54, 1.807) is 0 Å². The highest BCUT2D eigenvalue weighted by atomic mass is 31.2. The van der Waals surface area contributed by atoms with E-state index in [9.17, 15) is 9.46 Å². The summed E-state index contributed by atoms with van der Waals surface area (Å²) >= 11 is 0. The normalized spacial score (nSPS) is 14.1. The fourth-order valence-electron chi connectivity index (χ4n) is 2.68. The number of unbranched alkanes of at least 4 members (excludes halogenated alkanes) is 9. The zero-order valence-electron chi connectivity index (χ0n) is 15.9. The van der Waals surface area contributed by atoms with E-state index in [-0.39, 0.29) is 32.3 Å². The Balaban J connectivity index is 3.57. The van der Waals surface area contributed by atoms with Gasteiger partial charge in [-0.25, -0.2) is 4.57 Å². The second-order valence-corrected chi connectivity index (χ2v) is 8.12. The van der Waals surface area contributed by atoms with Crippen LogP contribution in [0.4, 0.5) is 0 Å². The smallest absolute Gasteiger partial charge is 0.396 e. The zero-order chi connectivity index (χ0) is 18.8. The molecule has 152 valence electrons. The molecular weight excluding hydrogens is 343 g/mol. The van der Waals surface area contributed by atoms with Crippen molar-refractivity contribution in [1.82, 2.24) is 0 Å². The Morgan fingerprint density at radius 1 is 0.800 bits per heavy atom. The maximum Gasteiger partial charge on any atom is 0.472 e. The topological polar surface area (TPSA) is 96.2 Å². The van der Waals surface area contributed by atoms with Crippen LogP contribution >= 0.6 is 7.82 Å². The van der Waals surface area contributed by atoms with Crippen LogP contribution < -0.4 is 0 Å². The summed E-state index contributed by atoms with van der Waals surface area (Å²) in [6.07, 6.45) is 12.8. The van der Waals surface area contributed by atoms with Gasteiger partial charge in [0.25, 0.3) is 0 Å². The van der Waals surface area contributed by atoms with Gasteiger partial charge in [-0.15, -0.1) is 0 Å². The predicted octanol–water partition coefficient (Wildman–Crippen LogP) is 4.42. The van der Waals surface area contributed by atoms with Crippen LogP contribution in [-0.2, 0) is 13.6 Å². The van der Waals surface area contributed by atoms with Gasteiger partial charge in [-0.1, -0.05) is 64.7 Å². The maximum atomic E-state index is 11.8. The minimum Gasteiger partial charge on any atom is -0.396 e. The second kappa shape index (κ2) is 17.4. The van der Waals surface area contributed by atoms with Crippen LogP contribution in [-0.4, -0.2) is 41.5 Å². The van der Waals surface area contributed by atoms with Gasteiger partial charge < -0.3 is 15.1 Å². The lowest BCUT2D eigenvalue weighted by Crippen LogP contribution is -2.13. The minimum absolute atomic E-state index is 0.00687. The molecule has 0 amide bonds. The second-order valence-electron chi connectivity index (χ2n) is 6.67. The van der Waals surface area contributed by atoms with Gasteiger partial charge in [0, 0.05) is 13.2 Å². The number of hydrogen-bond acceptors (Lipinski definition) is 5. The number of aliphatic hydroxyl groups excluding tert-OH is 2. The molecule has 6 nitrogen and oxygen atoms in total. The SMILES string of the molecule is CCCCCCCCCCCCOP(=O)(O)OCC(CCO)CCO. The first kappa shape index (κ1) is 25.0. The molecule has 3 N–H and O–H groups in total. The summed E-state index contributed by atoms with van der Waals surface area (Å²) in [5, 5.41) is 17.8. The molecule has 0 aliphatic heterocycles. The molecule has 0 aliphatic carbocycles. The number of aliphatic hydroxyl groups is 2. The number of phosphoric acid groups is 1. The lowest BCUT2D eigenvalue weighted by atomic mass is 10.0. The molecule has 7 heteroatoms. The van der Waals surface area contributed by atoms with Gasteiger partial charge in [-0.3, -0.25) is 9.05 Å². The van der Waals surface area contributed by atoms with Gasteiger partial charge in [0.2, 0.25) is 0 Å². The molecule has 0 spiro atoms. The van der Waals surface area contributed by atoms with Crippen LogP contribution in [0, 0.1) is 5.92 Å². The molecule has 0 aliphatic rings. The summed E-state index contributed by atoms with van der Waals surface area (Å²) in [5.74, 6) is -0.142. The van der Waals surface area contributed by atoms with Crippen molar-refractivity contribution in [2.24, 2.45) is 5.92 Å². The monoisotopic (exact) mass is 382 g/mol. The predicted molar refractivity (Wildman–Crippen MR) is 100 cm³/mol. The highest BCUT2D eigenvalue weighted by Crippen LogP contribution is 2.44. The Bertz CT molecular complexity index is 321. The third-order valence-electron chi connectivity index (χ3n) is 4.30. The van der Waals surface area contributed by atoms with Gasteiger partial charge in [0.1, 0.15) is 0 Å². The third kappa shape index (κ3) is 17.2. The van der Waals surface area contributed by atoms with E-state index in [2.05, 4.69) is 6.92 Å². The van der Waals surface area contributed by atoms with Gasteiger partial charge >= 0.3 is 7.82 Å². The zero-order valence-corrected chi connectivity index (χ0v) is 16.8. The average Bonchev–Trinajstić information content (AvgIpc) is 2.58. The number of rotatable bonds is 19. The molecule has 25 heavy (non-hydrogen) atoms. The molecule has 0 fully saturated rings. The first-order valence-corrected chi connectivity index (χ1v) is 11.4. The first-order valence-electron chi connectivity index (χ1n) is 9.89. The van der Waals surface area contributed by atoms with Crippen molar-refractivity contribution < 1.29 is 28.7 Å². The molecule has 0 aromatic heterocycles. The highest BCUT2D eigenvalue weighted by Gasteiger charge is 2.22. The maximum absolute atomic E-state index is 11.8. The molecule has 0 rings (SSSR count). The molecule has 0 radical (unpaired) electrons. The van der Waals surface area contributed by atoms with Gasteiger partial charge in [0.05, 0.1) is 13.2 Å². The van der Waals surface area contributed by atoms with E-state index < -0.39 is 7.82 Å². The largest absolute Gasteiger partial charge is 0.472 e. The van der Waals surface area contributed by atoms with Crippen molar-refractivity contribution in [1.29, 1.82) is 0 Å². The molecule has 0 aromatic carbocycles. The lowest BCUT2D eigenvalue weighted by molar-refractivity contribution is 0.109. The summed E-state index contributed by atoms with van der Waals surface area (Å²) in [5.41, 5.74) is 0. The van der Waals surface area contributed by atoms with Crippen LogP contribution in [0.1, 0.15) is 84.0 Å². The highest BCUT2D eigenvalue weighted by molar-refractivity contribution is 7.47. The Morgan fingerprint density at radius 3 is 1.76 bits per heavy atom. The van der Waals surface area contributed by atoms with E-state index in [4.69, 9.17) is 19.3 Å². The van der Waals surface area contributed by atoms with Crippen LogP contribution in [0.5, 0.6) is 0 Å². The van der Waals surface area contributed by atoms with Crippen LogP contribution in [0.3, 0.4) is 0 Å². The van der Waals surface area contributed by atoms with Crippen molar-refractivity contribution in [3.8, 4) is 0 Å². The molecule has 0 saturated heterocycles. The van der Waals surface area contributed by atoms with E-state index in [1.165, 1.54) is 44.9 Å². The van der Waals surface area contributed by atoms with E-state index in [1.807, 2.05) is 0 Å². The molecular formula is C18H39O6P. The Morgan fingerprint density at radius 2 is 1.28 bits per heavy atom. The fourth-order valence-corrected chi connectivity index (χ4v) is 3.52. The lowest BCUT2D eigenvalue weighted by Gasteiger charge is -2.17. The Hall–Kier alpha value is 0.0300. The average molecular weight is 382 g/mol. The van der Waals surface area contributed by atoms with Gasteiger partial charge in [0.15, 0.2) is 0 Å². The molecule has 0 saturated carbocycles. The van der Waals surface area contributed by atoms with Crippen LogP contribution in [0.25, 0.3) is 0 Å². The summed E-state index contributed by atoms with van der Waals surface area (Å²) in [7, 11) is -4.03. The Labute approximate surface area is 153 Å². The van der Waals surface area contributed by atoms with Gasteiger partial charge in [-0.05, 0) is 25.2 Å². The molecule has 1 atom stereocenters. The molecule has 0 aromatic rings. The molecule has 1 unspecified atom stereocenters. The van der Waals surface area contributed by atoms with Crippen molar-refractivity contribution in [2.45, 2.75) is 84.0 Å². The summed E-state index contributed by atoms with van der Waals surface area (Å²) < 4.78 is 21.7. The van der Waals surface area contributed by atoms with Crippen molar-refractivity contribution in [3.63, 3.8) is 0 Å². The van der Waals surface area contributed by atoms with E-state index >= 15 is 0 Å². The van der Waals surface area contributed by atoms with E-state index in [0.29, 0.717) is 12.8 Å². The Kier molecular flexibility index (Phi) is 17.5. The van der Waals surface area contributed by atoms with E-state index in [0.717, 1.165) is 19.3 Å². The fraction of sp³-hybridized carbons (Fsp3) is 1.00.